The van der Waals surface area contributed by atoms with Crippen molar-refractivity contribution < 1.29 is 35.9 Å². The predicted molar refractivity (Wildman–Crippen MR) is 103 cm³/mol. The van der Waals surface area contributed by atoms with Crippen molar-refractivity contribution in [1.29, 1.82) is 0 Å². The van der Waals surface area contributed by atoms with E-state index in [1.807, 2.05) is 0 Å². The van der Waals surface area contributed by atoms with Crippen LogP contribution in [0.5, 0.6) is 0 Å². The average Bonchev–Trinajstić information content (AvgIpc) is 3.11. The van der Waals surface area contributed by atoms with E-state index in [1.165, 1.54) is 16.3 Å². The van der Waals surface area contributed by atoms with E-state index in [-0.39, 0.29) is 29.3 Å². The van der Waals surface area contributed by atoms with Crippen LogP contribution < -0.4 is 0 Å². The number of thiophene rings is 1. The summed E-state index contributed by atoms with van der Waals surface area (Å²) in [5, 5.41) is 0. The quantitative estimate of drug-likeness (QED) is 0.621. The van der Waals surface area contributed by atoms with Gasteiger partial charge in [0, 0.05) is 30.9 Å². The molecule has 1 aromatic heterocycles. The topological polar surface area (TPSA) is 84.0 Å². The number of fused-ring (bicyclic) bond motifs is 1. The van der Waals surface area contributed by atoms with Gasteiger partial charge in [0.1, 0.15) is 4.21 Å². The zero-order valence-electron chi connectivity index (χ0n) is 16.5. The van der Waals surface area contributed by atoms with E-state index in [1.54, 1.807) is 0 Å². The normalized spacial score (nSPS) is 18.2. The van der Waals surface area contributed by atoms with Crippen LogP contribution in [0.2, 0.25) is 0 Å². The standard InChI is InChI=1S/C18H23F3N2O5S2/c1-28-16(25)15-12-6-10-22(14(24)5-7-18(19,20)21)11-13(12)29-17(15)30(26,27)23-8-3-2-4-9-23/h2-11H2,1H3. The molecular formula is C18H23F3N2O5S2. The number of carbonyl (C=O) groups excluding carboxylic acids is 2. The van der Waals surface area contributed by atoms with E-state index in [0.29, 0.717) is 23.5 Å². The number of halogens is 3. The van der Waals surface area contributed by atoms with Gasteiger partial charge in [0.15, 0.2) is 0 Å². The van der Waals surface area contributed by atoms with Crippen molar-refractivity contribution in [2.75, 3.05) is 26.7 Å². The highest BCUT2D eigenvalue weighted by atomic mass is 32.2. The van der Waals surface area contributed by atoms with Crippen molar-refractivity contribution in [1.82, 2.24) is 9.21 Å². The lowest BCUT2D eigenvalue weighted by Crippen LogP contribution is -2.36. The highest BCUT2D eigenvalue weighted by molar-refractivity contribution is 7.91. The van der Waals surface area contributed by atoms with Crippen LogP contribution in [0.4, 0.5) is 13.2 Å². The maximum Gasteiger partial charge on any atom is 0.389 e. The lowest BCUT2D eigenvalue weighted by molar-refractivity contribution is -0.149. The summed E-state index contributed by atoms with van der Waals surface area (Å²) in [5.74, 6) is -1.41. The van der Waals surface area contributed by atoms with E-state index in [9.17, 15) is 31.2 Å². The number of nitrogens with zero attached hydrogens (tertiary/aromatic N) is 2. The molecule has 0 unspecified atom stereocenters. The van der Waals surface area contributed by atoms with Gasteiger partial charge in [-0.25, -0.2) is 13.2 Å². The minimum absolute atomic E-state index is 0.00883. The highest BCUT2D eigenvalue weighted by Gasteiger charge is 2.38. The summed E-state index contributed by atoms with van der Waals surface area (Å²) >= 11 is 0.904. The molecule has 0 radical (unpaired) electrons. The van der Waals surface area contributed by atoms with E-state index >= 15 is 0 Å². The molecule has 0 bridgehead atoms. The number of carbonyl (C=O) groups is 2. The highest BCUT2D eigenvalue weighted by Crippen LogP contribution is 2.39. The van der Waals surface area contributed by atoms with Gasteiger partial charge < -0.3 is 9.64 Å². The summed E-state index contributed by atoms with van der Waals surface area (Å²) in [4.78, 5) is 26.4. The van der Waals surface area contributed by atoms with E-state index in [0.717, 1.165) is 30.6 Å². The number of hydrogen-bond donors (Lipinski definition) is 0. The Labute approximate surface area is 176 Å². The number of sulfonamides is 1. The van der Waals surface area contributed by atoms with Crippen LogP contribution >= 0.6 is 11.3 Å². The molecule has 0 aliphatic carbocycles. The van der Waals surface area contributed by atoms with Gasteiger partial charge >= 0.3 is 12.1 Å². The molecule has 0 N–H and O–H groups in total. The Balaban J connectivity index is 1.90. The Morgan fingerprint density at radius 2 is 1.80 bits per heavy atom. The van der Waals surface area contributed by atoms with Crippen molar-refractivity contribution in [3.8, 4) is 0 Å². The molecule has 1 fully saturated rings. The molecule has 0 saturated carbocycles. The fraction of sp³-hybridized carbons (Fsp3) is 0.667. The molecule has 12 heteroatoms. The van der Waals surface area contributed by atoms with Gasteiger partial charge in [0.05, 0.1) is 25.6 Å². The van der Waals surface area contributed by atoms with Gasteiger partial charge in [-0.3, -0.25) is 4.79 Å². The molecule has 1 amide bonds. The smallest absolute Gasteiger partial charge is 0.389 e. The minimum Gasteiger partial charge on any atom is -0.465 e. The van der Waals surface area contributed by atoms with Crippen molar-refractivity contribution in [2.45, 2.75) is 55.5 Å². The maximum atomic E-state index is 13.2. The molecule has 0 aromatic carbocycles. The predicted octanol–water partition coefficient (Wildman–Crippen LogP) is 2.94. The molecule has 1 saturated heterocycles. The number of esters is 1. The molecule has 3 rings (SSSR count). The van der Waals surface area contributed by atoms with Crippen molar-refractivity contribution >= 4 is 33.2 Å². The second-order valence-electron chi connectivity index (χ2n) is 7.30. The Morgan fingerprint density at radius 3 is 2.40 bits per heavy atom. The van der Waals surface area contributed by atoms with Crippen molar-refractivity contribution in [2.24, 2.45) is 0 Å². The number of hydrogen-bond acceptors (Lipinski definition) is 6. The van der Waals surface area contributed by atoms with Crippen LogP contribution in [-0.2, 0) is 32.5 Å². The summed E-state index contributed by atoms with van der Waals surface area (Å²) in [5.41, 5.74) is 0.493. The molecule has 3 heterocycles. The summed E-state index contributed by atoms with van der Waals surface area (Å²) in [6.07, 6.45) is -3.70. The van der Waals surface area contributed by atoms with Gasteiger partial charge in [-0.15, -0.1) is 11.3 Å². The minimum atomic E-state index is -4.42. The number of amides is 1. The summed E-state index contributed by atoms with van der Waals surface area (Å²) < 4.78 is 69.7. The summed E-state index contributed by atoms with van der Waals surface area (Å²) in [6, 6.07) is 0. The first-order chi connectivity index (χ1) is 14.0. The average molecular weight is 469 g/mol. The first-order valence-electron chi connectivity index (χ1n) is 9.62. The van der Waals surface area contributed by atoms with Crippen molar-refractivity contribution in [3.05, 3.63) is 16.0 Å². The SMILES string of the molecule is COC(=O)c1c(S(=O)(=O)N2CCCCC2)sc2c1CCN(C(=O)CCC(F)(F)F)C2. The fourth-order valence-corrected chi connectivity index (χ4v) is 7.27. The molecular weight excluding hydrogens is 445 g/mol. The maximum absolute atomic E-state index is 13.2. The second-order valence-corrected chi connectivity index (χ2v) is 10.5. The zero-order chi connectivity index (χ0) is 22.1. The van der Waals surface area contributed by atoms with E-state index < -0.39 is 40.9 Å². The third kappa shape index (κ3) is 4.80. The summed E-state index contributed by atoms with van der Waals surface area (Å²) in [7, 11) is -2.74. The van der Waals surface area contributed by atoms with Gasteiger partial charge in [-0.2, -0.15) is 17.5 Å². The first-order valence-corrected chi connectivity index (χ1v) is 11.9. The number of ether oxygens (including phenoxy) is 1. The fourth-order valence-electron chi connectivity index (χ4n) is 3.71. The van der Waals surface area contributed by atoms with Gasteiger partial charge in [0.25, 0.3) is 10.0 Å². The van der Waals surface area contributed by atoms with Gasteiger partial charge in [-0.05, 0) is 24.8 Å². The van der Waals surface area contributed by atoms with E-state index in [2.05, 4.69) is 0 Å². The monoisotopic (exact) mass is 468 g/mol. The van der Waals surface area contributed by atoms with Crippen LogP contribution in [0.3, 0.4) is 0 Å². The zero-order valence-corrected chi connectivity index (χ0v) is 18.1. The molecule has 2 aliphatic heterocycles. The van der Waals surface area contributed by atoms with Crippen LogP contribution in [0, 0.1) is 0 Å². The Bertz CT molecular complexity index is 921. The number of alkyl halides is 3. The Kier molecular flexibility index (Phi) is 6.78. The third-order valence-corrected chi connectivity index (χ3v) is 8.89. The summed E-state index contributed by atoms with van der Waals surface area (Å²) in [6.45, 7) is 0.838. The van der Waals surface area contributed by atoms with Crippen LogP contribution in [0.25, 0.3) is 0 Å². The van der Waals surface area contributed by atoms with Gasteiger partial charge in [-0.1, -0.05) is 6.42 Å². The van der Waals surface area contributed by atoms with Crippen LogP contribution in [0.1, 0.15) is 52.9 Å². The molecule has 1 aromatic rings. The molecule has 168 valence electrons. The molecule has 0 atom stereocenters. The number of piperidine rings is 1. The van der Waals surface area contributed by atoms with Crippen LogP contribution in [0.15, 0.2) is 4.21 Å². The third-order valence-electron chi connectivity index (χ3n) is 5.28. The molecule has 30 heavy (non-hydrogen) atoms. The lowest BCUT2D eigenvalue weighted by Gasteiger charge is -2.27. The van der Waals surface area contributed by atoms with E-state index in [4.69, 9.17) is 4.74 Å². The Morgan fingerprint density at radius 1 is 1.13 bits per heavy atom. The molecule has 2 aliphatic rings. The molecule has 0 spiro atoms. The first kappa shape index (κ1) is 23.0. The number of methoxy groups -OCH3 is 1. The van der Waals surface area contributed by atoms with Gasteiger partial charge in [0.2, 0.25) is 5.91 Å². The Hall–Kier alpha value is -1.66. The second kappa shape index (κ2) is 8.83. The lowest BCUT2D eigenvalue weighted by atomic mass is 10.0. The van der Waals surface area contributed by atoms with Crippen LogP contribution in [-0.4, -0.2) is 62.4 Å². The van der Waals surface area contributed by atoms with Crippen molar-refractivity contribution in [3.63, 3.8) is 0 Å². The largest absolute Gasteiger partial charge is 0.465 e. The molecule has 7 nitrogen and oxygen atoms in total. The number of rotatable bonds is 5.